The quantitative estimate of drug-likeness (QED) is 0.827. The summed E-state index contributed by atoms with van der Waals surface area (Å²) in [6.45, 7) is 3.52. The molecule has 1 saturated carbocycles. The SMILES string of the molecule is CN(C)CCc1cn(C(=O)NC2CCC(N3CCCCC3)CC2)c2ccccc12. The van der Waals surface area contributed by atoms with Gasteiger partial charge in [-0.1, -0.05) is 24.6 Å². The number of fused-ring (bicyclic) bond motifs is 1. The second-order valence-corrected chi connectivity index (χ2v) is 9.15. The molecule has 5 nitrogen and oxygen atoms in total. The lowest BCUT2D eigenvalue weighted by molar-refractivity contribution is 0.121. The normalized spacial score (nSPS) is 23.6. The summed E-state index contributed by atoms with van der Waals surface area (Å²) in [5, 5.41) is 4.52. The van der Waals surface area contributed by atoms with Gasteiger partial charge in [-0.2, -0.15) is 0 Å². The third-order valence-corrected chi connectivity index (χ3v) is 6.77. The minimum absolute atomic E-state index is 0.0266. The number of amides is 1. The van der Waals surface area contributed by atoms with Crippen molar-refractivity contribution in [3.63, 3.8) is 0 Å². The number of rotatable bonds is 5. The highest BCUT2D eigenvalue weighted by Gasteiger charge is 2.27. The molecule has 1 aliphatic carbocycles. The van der Waals surface area contributed by atoms with Crippen LogP contribution in [0.4, 0.5) is 4.79 Å². The number of likely N-dealkylation sites (N-methyl/N-ethyl adjacent to an activating group) is 1. The number of para-hydroxylation sites is 1. The molecule has 2 aromatic rings. The molecule has 1 saturated heterocycles. The fourth-order valence-electron chi connectivity index (χ4n) is 5.07. The number of aromatic nitrogens is 1. The number of hydrogen-bond acceptors (Lipinski definition) is 3. The van der Waals surface area contributed by atoms with E-state index in [2.05, 4.69) is 47.4 Å². The highest BCUT2D eigenvalue weighted by atomic mass is 16.2. The Kier molecular flexibility index (Phi) is 6.56. The van der Waals surface area contributed by atoms with E-state index in [1.807, 2.05) is 16.8 Å². The van der Waals surface area contributed by atoms with Crippen LogP contribution in [0.2, 0.25) is 0 Å². The van der Waals surface area contributed by atoms with E-state index < -0.39 is 0 Å². The van der Waals surface area contributed by atoms with E-state index in [1.165, 1.54) is 56.1 Å². The Balaban J connectivity index is 1.39. The first-order valence-electron chi connectivity index (χ1n) is 11.4. The van der Waals surface area contributed by atoms with Gasteiger partial charge in [0.2, 0.25) is 0 Å². The number of nitrogens with one attached hydrogen (secondary N) is 1. The van der Waals surface area contributed by atoms with Crippen LogP contribution in [0.25, 0.3) is 10.9 Å². The average molecular weight is 397 g/mol. The van der Waals surface area contributed by atoms with Gasteiger partial charge in [-0.05, 0) is 83.8 Å². The summed E-state index contributed by atoms with van der Waals surface area (Å²) in [5.41, 5.74) is 2.26. The van der Waals surface area contributed by atoms with E-state index in [0.717, 1.165) is 37.4 Å². The Morgan fingerprint density at radius 2 is 1.79 bits per heavy atom. The summed E-state index contributed by atoms with van der Waals surface area (Å²) in [5.74, 6) is 0. The Hall–Kier alpha value is -1.85. The fraction of sp³-hybridized carbons (Fsp3) is 0.625. The highest BCUT2D eigenvalue weighted by Crippen LogP contribution is 2.26. The van der Waals surface area contributed by atoms with Crippen LogP contribution in [0.3, 0.4) is 0 Å². The lowest BCUT2D eigenvalue weighted by Crippen LogP contribution is -2.46. The molecule has 1 aliphatic heterocycles. The number of carbonyl (C=O) groups excluding carboxylic acids is 1. The van der Waals surface area contributed by atoms with Gasteiger partial charge in [-0.25, -0.2) is 4.79 Å². The number of hydrogen-bond donors (Lipinski definition) is 1. The molecule has 2 fully saturated rings. The van der Waals surface area contributed by atoms with Crippen molar-refractivity contribution < 1.29 is 4.79 Å². The molecule has 0 radical (unpaired) electrons. The standard InChI is InChI=1S/C24H36N4O/c1-26(2)17-14-19-18-28(23-9-5-4-8-22(19)23)24(29)25-20-10-12-21(13-11-20)27-15-6-3-7-16-27/h4-5,8-9,18,20-21H,3,6-7,10-17H2,1-2H3,(H,25,29). The Labute approximate surface area is 175 Å². The molecule has 2 aliphatic rings. The van der Waals surface area contributed by atoms with Gasteiger partial charge in [-0.15, -0.1) is 0 Å². The van der Waals surface area contributed by atoms with Crippen molar-refractivity contribution in [2.75, 3.05) is 33.7 Å². The Morgan fingerprint density at radius 3 is 2.52 bits per heavy atom. The number of benzene rings is 1. The van der Waals surface area contributed by atoms with Gasteiger partial charge in [0, 0.05) is 30.2 Å². The molecule has 0 spiro atoms. The topological polar surface area (TPSA) is 40.5 Å². The van der Waals surface area contributed by atoms with Crippen LogP contribution < -0.4 is 5.32 Å². The Bertz CT molecular complexity index is 813. The molecule has 29 heavy (non-hydrogen) atoms. The van der Waals surface area contributed by atoms with Crippen molar-refractivity contribution in [2.45, 2.75) is 63.5 Å². The van der Waals surface area contributed by atoms with E-state index >= 15 is 0 Å². The van der Waals surface area contributed by atoms with Crippen molar-refractivity contribution in [3.8, 4) is 0 Å². The van der Waals surface area contributed by atoms with E-state index in [0.29, 0.717) is 6.04 Å². The minimum atomic E-state index is 0.0266. The van der Waals surface area contributed by atoms with Gasteiger partial charge in [0.05, 0.1) is 5.52 Å². The third kappa shape index (κ3) is 4.84. The number of carbonyl (C=O) groups is 1. The molecule has 0 unspecified atom stereocenters. The van der Waals surface area contributed by atoms with Crippen LogP contribution >= 0.6 is 0 Å². The number of nitrogens with zero attached hydrogens (tertiary/aromatic N) is 3. The minimum Gasteiger partial charge on any atom is -0.335 e. The van der Waals surface area contributed by atoms with E-state index in [1.54, 1.807) is 0 Å². The van der Waals surface area contributed by atoms with Gasteiger partial charge < -0.3 is 15.1 Å². The molecule has 4 rings (SSSR count). The maximum atomic E-state index is 13.1. The van der Waals surface area contributed by atoms with Crippen molar-refractivity contribution >= 4 is 16.9 Å². The van der Waals surface area contributed by atoms with Crippen molar-refractivity contribution in [1.29, 1.82) is 0 Å². The van der Waals surface area contributed by atoms with Gasteiger partial charge in [0.25, 0.3) is 0 Å². The van der Waals surface area contributed by atoms with Crippen LogP contribution in [0, 0.1) is 0 Å². The predicted octanol–water partition coefficient (Wildman–Crippen LogP) is 4.10. The summed E-state index contributed by atoms with van der Waals surface area (Å²) in [4.78, 5) is 18.0. The van der Waals surface area contributed by atoms with E-state index in [9.17, 15) is 4.79 Å². The molecule has 1 amide bonds. The van der Waals surface area contributed by atoms with Gasteiger partial charge in [-0.3, -0.25) is 4.57 Å². The molecule has 0 bridgehead atoms. The molecular weight excluding hydrogens is 360 g/mol. The second kappa shape index (κ2) is 9.31. The van der Waals surface area contributed by atoms with Crippen LogP contribution in [-0.2, 0) is 6.42 Å². The maximum absolute atomic E-state index is 13.1. The van der Waals surface area contributed by atoms with Crippen LogP contribution in [0.1, 0.15) is 50.5 Å². The van der Waals surface area contributed by atoms with E-state index in [4.69, 9.17) is 0 Å². The summed E-state index contributed by atoms with van der Waals surface area (Å²) in [6.07, 6.45) is 11.7. The van der Waals surface area contributed by atoms with Crippen LogP contribution in [0.5, 0.6) is 0 Å². The largest absolute Gasteiger partial charge is 0.335 e. The first-order chi connectivity index (χ1) is 14.1. The first-order valence-corrected chi connectivity index (χ1v) is 11.4. The van der Waals surface area contributed by atoms with Crippen molar-refractivity contribution in [2.24, 2.45) is 0 Å². The smallest absolute Gasteiger partial charge is 0.326 e. The lowest BCUT2D eigenvalue weighted by Gasteiger charge is -2.39. The summed E-state index contributed by atoms with van der Waals surface area (Å²) < 4.78 is 1.83. The monoisotopic (exact) mass is 396 g/mol. The van der Waals surface area contributed by atoms with Gasteiger partial charge >= 0.3 is 6.03 Å². The predicted molar refractivity (Wildman–Crippen MR) is 120 cm³/mol. The van der Waals surface area contributed by atoms with Gasteiger partial charge in [0.1, 0.15) is 0 Å². The van der Waals surface area contributed by atoms with E-state index in [-0.39, 0.29) is 6.03 Å². The molecule has 158 valence electrons. The van der Waals surface area contributed by atoms with Crippen molar-refractivity contribution in [1.82, 2.24) is 19.7 Å². The average Bonchev–Trinajstić information content (AvgIpc) is 3.12. The zero-order valence-electron chi connectivity index (χ0n) is 18.1. The molecule has 0 atom stereocenters. The molecular formula is C24H36N4O. The number of likely N-dealkylation sites (tertiary alicyclic amines) is 1. The van der Waals surface area contributed by atoms with Crippen LogP contribution in [-0.4, -0.2) is 66.2 Å². The first kappa shape index (κ1) is 20.4. The maximum Gasteiger partial charge on any atom is 0.326 e. The zero-order chi connectivity index (χ0) is 20.2. The molecule has 1 aromatic heterocycles. The third-order valence-electron chi connectivity index (χ3n) is 6.77. The highest BCUT2D eigenvalue weighted by molar-refractivity contribution is 5.93. The zero-order valence-corrected chi connectivity index (χ0v) is 18.1. The lowest BCUT2D eigenvalue weighted by atomic mass is 9.89. The summed E-state index contributed by atoms with van der Waals surface area (Å²) >= 11 is 0. The molecule has 1 N–H and O–H groups in total. The molecule has 5 heteroatoms. The van der Waals surface area contributed by atoms with Crippen molar-refractivity contribution in [3.05, 3.63) is 36.0 Å². The van der Waals surface area contributed by atoms with Crippen LogP contribution in [0.15, 0.2) is 30.5 Å². The fourth-order valence-corrected chi connectivity index (χ4v) is 5.07. The number of piperidine rings is 1. The molecule has 2 heterocycles. The molecule has 1 aromatic carbocycles. The van der Waals surface area contributed by atoms with Gasteiger partial charge in [0.15, 0.2) is 0 Å². The Morgan fingerprint density at radius 1 is 1.07 bits per heavy atom. The summed E-state index contributed by atoms with van der Waals surface area (Å²) in [6, 6.07) is 9.33. The second-order valence-electron chi connectivity index (χ2n) is 9.15. The summed E-state index contributed by atoms with van der Waals surface area (Å²) in [7, 11) is 4.18.